The number of benzene rings is 1. The average molecular weight is 361 g/mol. The van der Waals surface area contributed by atoms with E-state index in [0.29, 0.717) is 25.9 Å². The van der Waals surface area contributed by atoms with Crippen LogP contribution in [0.1, 0.15) is 17.7 Å². The molecule has 1 atom stereocenters. The van der Waals surface area contributed by atoms with Gasteiger partial charge in [0.05, 0.1) is 13.0 Å². The Bertz CT molecular complexity index is 1040. The molecular weight excluding hydrogens is 342 g/mol. The van der Waals surface area contributed by atoms with Crippen LogP contribution in [0.2, 0.25) is 0 Å². The summed E-state index contributed by atoms with van der Waals surface area (Å²) < 4.78 is 7.86. The highest BCUT2D eigenvalue weighted by atomic mass is 16.5. The molecule has 3 aromatic rings. The fourth-order valence-corrected chi connectivity index (χ4v) is 3.54. The second-order valence-corrected chi connectivity index (χ2v) is 6.65. The van der Waals surface area contributed by atoms with Crippen molar-refractivity contribution < 1.29 is 9.53 Å². The molecule has 0 bridgehead atoms. The standard InChI is InChI=1S/C20H19N5O2/c1-24-12-14(16-4-2-3-5-18(16)24)10-19(26)25-9-6-15(13-25)27-20-17(11-21)22-7-8-23-20/h2-5,7-8,12,15H,6,9-10,13H2,1H3/t15-/m0/s1. The molecule has 1 saturated heterocycles. The molecule has 1 aromatic carbocycles. The number of carbonyl (C=O) groups is 1. The Hall–Kier alpha value is -3.40. The first-order valence-electron chi connectivity index (χ1n) is 8.84. The maximum absolute atomic E-state index is 12.8. The number of hydrogen-bond acceptors (Lipinski definition) is 5. The number of carbonyl (C=O) groups excluding carboxylic acids is 1. The van der Waals surface area contributed by atoms with Crippen molar-refractivity contribution in [2.75, 3.05) is 13.1 Å². The van der Waals surface area contributed by atoms with Gasteiger partial charge in [-0.15, -0.1) is 0 Å². The fraction of sp³-hybridized carbons (Fsp3) is 0.300. The highest BCUT2D eigenvalue weighted by Crippen LogP contribution is 2.23. The Kier molecular flexibility index (Phi) is 4.47. The summed E-state index contributed by atoms with van der Waals surface area (Å²) in [6.07, 6.45) is 5.87. The third-order valence-corrected chi connectivity index (χ3v) is 4.87. The van der Waals surface area contributed by atoms with E-state index in [-0.39, 0.29) is 23.6 Å². The van der Waals surface area contributed by atoms with Crippen molar-refractivity contribution in [2.45, 2.75) is 18.9 Å². The van der Waals surface area contributed by atoms with E-state index in [1.54, 1.807) is 0 Å². The van der Waals surface area contributed by atoms with Crippen molar-refractivity contribution in [3.8, 4) is 11.9 Å². The topological polar surface area (TPSA) is 84.0 Å². The van der Waals surface area contributed by atoms with Crippen LogP contribution < -0.4 is 4.74 Å². The largest absolute Gasteiger partial charge is 0.470 e. The molecule has 4 rings (SSSR count). The number of rotatable bonds is 4. The van der Waals surface area contributed by atoms with Crippen LogP contribution in [0.25, 0.3) is 10.9 Å². The first kappa shape index (κ1) is 17.0. The van der Waals surface area contributed by atoms with E-state index < -0.39 is 0 Å². The first-order chi connectivity index (χ1) is 13.2. The van der Waals surface area contributed by atoms with Crippen molar-refractivity contribution in [3.63, 3.8) is 0 Å². The van der Waals surface area contributed by atoms with Gasteiger partial charge in [0.25, 0.3) is 5.88 Å². The number of nitriles is 1. The van der Waals surface area contributed by atoms with E-state index in [9.17, 15) is 4.79 Å². The third-order valence-electron chi connectivity index (χ3n) is 4.87. The summed E-state index contributed by atoms with van der Waals surface area (Å²) in [5, 5.41) is 10.2. The molecule has 27 heavy (non-hydrogen) atoms. The molecule has 2 aromatic heterocycles. The van der Waals surface area contributed by atoms with E-state index in [2.05, 4.69) is 16.0 Å². The van der Waals surface area contributed by atoms with Crippen molar-refractivity contribution >= 4 is 16.8 Å². The quantitative estimate of drug-likeness (QED) is 0.710. The highest BCUT2D eigenvalue weighted by Gasteiger charge is 2.29. The molecule has 0 aliphatic carbocycles. The number of fused-ring (bicyclic) bond motifs is 1. The molecule has 136 valence electrons. The maximum atomic E-state index is 12.8. The van der Waals surface area contributed by atoms with Crippen molar-refractivity contribution in [3.05, 3.63) is 54.1 Å². The van der Waals surface area contributed by atoms with Gasteiger partial charge in [0.2, 0.25) is 11.6 Å². The lowest BCUT2D eigenvalue weighted by atomic mass is 10.1. The van der Waals surface area contributed by atoms with Crippen LogP contribution in [0.5, 0.6) is 5.88 Å². The normalized spacial score (nSPS) is 16.4. The van der Waals surface area contributed by atoms with E-state index in [1.807, 2.05) is 47.0 Å². The molecule has 7 nitrogen and oxygen atoms in total. The lowest BCUT2D eigenvalue weighted by molar-refractivity contribution is -0.129. The molecular formula is C20H19N5O2. The average Bonchev–Trinajstić information content (AvgIpc) is 3.28. The van der Waals surface area contributed by atoms with Gasteiger partial charge in [0.1, 0.15) is 12.2 Å². The van der Waals surface area contributed by atoms with Crippen LogP contribution in [0, 0.1) is 11.3 Å². The van der Waals surface area contributed by atoms with Crippen molar-refractivity contribution in [1.29, 1.82) is 5.26 Å². The molecule has 3 heterocycles. The predicted octanol–water partition coefficient (Wildman–Crippen LogP) is 2.06. The van der Waals surface area contributed by atoms with Gasteiger partial charge in [0, 0.05) is 49.5 Å². The van der Waals surface area contributed by atoms with Gasteiger partial charge in [-0.2, -0.15) is 5.26 Å². The van der Waals surface area contributed by atoms with Gasteiger partial charge in [-0.1, -0.05) is 18.2 Å². The van der Waals surface area contributed by atoms with E-state index >= 15 is 0 Å². The molecule has 1 aliphatic rings. The number of para-hydroxylation sites is 1. The number of hydrogen-bond donors (Lipinski definition) is 0. The molecule has 1 fully saturated rings. The summed E-state index contributed by atoms with van der Waals surface area (Å²) in [5.41, 5.74) is 2.32. The van der Waals surface area contributed by atoms with Crippen LogP contribution in [0.4, 0.5) is 0 Å². The van der Waals surface area contributed by atoms with Gasteiger partial charge in [-0.05, 0) is 11.6 Å². The zero-order valence-corrected chi connectivity index (χ0v) is 15.0. The van der Waals surface area contributed by atoms with E-state index in [1.165, 1.54) is 12.4 Å². The molecule has 0 saturated carbocycles. The first-order valence-corrected chi connectivity index (χ1v) is 8.84. The van der Waals surface area contributed by atoms with Crippen LogP contribution in [-0.4, -0.2) is 44.5 Å². The number of nitrogens with zero attached hydrogens (tertiary/aromatic N) is 5. The molecule has 0 unspecified atom stereocenters. The molecule has 7 heteroatoms. The Morgan fingerprint density at radius 3 is 3.00 bits per heavy atom. The molecule has 1 aliphatic heterocycles. The number of ether oxygens (including phenoxy) is 1. The molecule has 0 radical (unpaired) electrons. The van der Waals surface area contributed by atoms with Crippen molar-refractivity contribution in [2.24, 2.45) is 7.05 Å². The highest BCUT2D eigenvalue weighted by molar-refractivity contribution is 5.89. The van der Waals surface area contributed by atoms with Crippen LogP contribution in [-0.2, 0) is 18.3 Å². The van der Waals surface area contributed by atoms with Gasteiger partial charge in [0.15, 0.2) is 0 Å². The lowest BCUT2D eigenvalue weighted by Crippen LogP contribution is -2.32. The van der Waals surface area contributed by atoms with Crippen LogP contribution in [0.15, 0.2) is 42.9 Å². The summed E-state index contributed by atoms with van der Waals surface area (Å²) in [6, 6.07) is 10.1. The van der Waals surface area contributed by atoms with Gasteiger partial charge in [-0.25, -0.2) is 9.97 Å². The van der Waals surface area contributed by atoms with Gasteiger partial charge >= 0.3 is 0 Å². The second-order valence-electron chi connectivity index (χ2n) is 6.65. The summed E-state index contributed by atoms with van der Waals surface area (Å²) in [4.78, 5) is 22.6. The Balaban J connectivity index is 1.43. The monoisotopic (exact) mass is 361 g/mol. The SMILES string of the molecule is Cn1cc(CC(=O)N2CC[C@H](Oc3nccnc3C#N)C2)c2ccccc21. The minimum Gasteiger partial charge on any atom is -0.470 e. The Morgan fingerprint density at radius 1 is 1.33 bits per heavy atom. The van der Waals surface area contributed by atoms with Crippen LogP contribution in [0.3, 0.4) is 0 Å². The molecule has 0 spiro atoms. The Morgan fingerprint density at radius 2 is 2.15 bits per heavy atom. The lowest BCUT2D eigenvalue weighted by Gasteiger charge is -2.17. The summed E-state index contributed by atoms with van der Waals surface area (Å²) in [6.45, 7) is 1.13. The zero-order chi connectivity index (χ0) is 18.8. The Labute approximate surface area is 156 Å². The van der Waals surface area contributed by atoms with E-state index in [4.69, 9.17) is 10.00 Å². The summed E-state index contributed by atoms with van der Waals surface area (Å²) >= 11 is 0. The number of aryl methyl sites for hydroxylation is 1. The number of amides is 1. The summed E-state index contributed by atoms with van der Waals surface area (Å²) in [5.74, 6) is 0.311. The molecule has 0 N–H and O–H groups in total. The van der Waals surface area contributed by atoms with Crippen LogP contribution >= 0.6 is 0 Å². The fourth-order valence-electron chi connectivity index (χ4n) is 3.54. The minimum absolute atomic E-state index is 0.0807. The van der Waals surface area contributed by atoms with Gasteiger partial charge in [-0.3, -0.25) is 4.79 Å². The van der Waals surface area contributed by atoms with Gasteiger partial charge < -0.3 is 14.2 Å². The summed E-state index contributed by atoms with van der Waals surface area (Å²) in [7, 11) is 1.99. The van der Waals surface area contributed by atoms with E-state index in [0.717, 1.165) is 16.5 Å². The predicted molar refractivity (Wildman–Crippen MR) is 99.0 cm³/mol. The maximum Gasteiger partial charge on any atom is 0.251 e. The molecule has 1 amide bonds. The number of likely N-dealkylation sites (tertiary alicyclic amines) is 1. The van der Waals surface area contributed by atoms with Crippen molar-refractivity contribution in [1.82, 2.24) is 19.4 Å². The zero-order valence-electron chi connectivity index (χ0n) is 15.0. The second kappa shape index (κ2) is 7.08. The number of aromatic nitrogens is 3. The smallest absolute Gasteiger partial charge is 0.251 e. The third kappa shape index (κ3) is 3.34. The minimum atomic E-state index is -0.176.